The molecule has 4 N–H and O–H groups in total. The maximum absolute atomic E-state index is 6.02. The van der Waals surface area contributed by atoms with E-state index in [9.17, 15) is 0 Å². The minimum absolute atomic E-state index is 0.462. The van der Waals surface area contributed by atoms with E-state index in [0.29, 0.717) is 18.1 Å². The van der Waals surface area contributed by atoms with Crippen molar-refractivity contribution in [2.75, 3.05) is 4.90 Å². The fourth-order valence-electron chi connectivity index (χ4n) is 2.43. The molecular formula is C14H15ClN4S. The number of aromatic amines is 1. The van der Waals surface area contributed by atoms with Crippen LogP contribution in [0.3, 0.4) is 0 Å². The van der Waals surface area contributed by atoms with Gasteiger partial charge in [-0.2, -0.15) is 0 Å². The Bertz CT molecular complexity index is 652. The number of hydrogen-bond donors (Lipinski definition) is 3. The number of nitrogens with zero attached hydrogens (tertiary/aromatic N) is 1. The number of hydrogen-bond acceptors (Lipinski definition) is 2. The number of aromatic nitrogens is 1. The van der Waals surface area contributed by atoms with E-state index in [4.69, 9.17) is 29.6 Å². The largest absolute Gasteiger partial charge is 0.362 e. The number of benzene rings is 1. The molecule has 0 radical (unpaired) electrons. The molecule has 0 bridgehead atoms. The minimum Gasteiger partial charge on any atom is -0.362 e. The van der Waals surface area contributed by atoms with E-state index in [1.807, 2.05) is 30.5 Å². The first-order valence-corrected chi connectivity index (χ1v) is 7.16. The Morgan fingerprint density at radius 1 is 1.30 bits per heavy atom. The fourth-order valence-corrected chi connectivity index (χ4v) is 2.85. The number of rotatable bonds is 3. The lowest BCUT2D eigenvalue weighted by molar-refractivity contribution is 0.812. The second-order valence-corrected chi connectivity index (χ2v) is 5.53. The molecule has 0 unspecified atom stereocenters. The molecule has 0 saturated carbocycles. The average molecular weight is 307 g/mol. The van der Waals surface area contributed by atoms with E-state index >= 15 is 0 Å². The van der Waals surface area contributed by atoms with E-state index in [1.54, 1.807) is 0 Å². The van der Waals surface area contributed by atoms with Crippen LogP contribution in [0.2, 0.25) is 5.02 Å². The maximum Gasteiger partial charge on any atom is 0.174 e. The molecule has 0 atom stereocenters. The number of fused-ring (bicyclic) bond motifs is 1. The van der Waals surface area contributed by atoms with Gasteiger partial charge in [-0.15, -0.1) is 0 Å². The first-order valence-electron chi connectivity index (χ1n) is 6.38. The van der Waals surface area contributed by atoms with Crippen molar-refractivity contribution in [3.63, 3.8) is 0 Å². The maximum atomic E-state index is 6.02. The predicted molar refractivity (Wildman–Crippen MR) is 85.8 cm³/mol. The summed E-state index contributed by atoms with van der Waals surface area (Å²) in [6.45, 7) is 1.88. The lowest BCUT2D eigenvalue weighted by Gasteiger charge is -2.31. The highest BCUT2D eigenvalue weighted by Gasteiger charge is 2.22. The van der Waals surface area contributed by atoms with Crippen molar-refractivity contribution in [3.05, 3.63) is 52.3 Å². The van der Waals surface area contributed by atoms with Gasteiger partial charge in [0.05, 0.1) is 24.5 Å². The highest BCUT2D eigenvalue weighted by molar-refractivity contribution is 7.80. The standard InChI is InChI=1S/C14H15ClN4S/c15-11-2-1-9(10(5-11)6-16)8-19-13-3-4-17-12(13)7-18-14(19)20/h1-5,17H,6-8,16H2,(H,18,20). The molecule has 4 nitrogen and oxygen atoms in total. The van der Waals surface area contributed by atoms with Crippen molar-refractivity contribution in [3.8, 4) is 0 Å². The van der Waals surface area contributed by atoms with Crippen molar-refractivity contribution >= 4 is 34.6 Å². The quantitative estimate of drug-likeness (QED) is 0.763. The summed E-state index contributed by atoms with van der Waals surface area (Å²) in [6, 6.07) is 7.85. The Balaban J connectivity index is 1.94. The van der Waals surface area contributed by atoms with Gasteiger partial charge in [0.25, 0.3) is 0 Å². The van der Waals surface area contributed by atoms with E-state index in [1.165, 1.54) is 0 Å². The zero-order valence-electron chi connectivity index (χ0n) is 10.8. The summed E-state index contributed by atoms with van der Waals surface area (Å²) in [7, 11) is 0. The number of anilines is 1. The van der Waals surface area contributed by atoms with Gasteiger partial charge in [0, 0.05) is 17.8 Å². The molecule has 20 heavy (non-hydrogen) atoms. The third-order valence-corrected chi connectivity index (χ3v) is 4.08. The van der Waals surface area contributed by atoms with Crippen LogP contribution in [0.1, 0.15) is 16.8 Å². The van der Waals surface area contributed by atoms with Gasteiger partial charge >= 0.3 is 0 Å². The SMILES string of the molecule is NCc1cc(Cl)ccc1CN1C(=S)NCc2[nH]ccc21. The van der Waals surface area contributed by atoms with Crippen molar-refractivity contribution in [1.82, 2.24) is 10.3 Å². The lowest BCUT2D eigenvalue weighted by Crippen LogP contribution is -2.43. The summed E-state index contributed by atoms with van der Waals surface area (Å²) in [4.78, 5) is 5.30. The summed E-state index contributed by atoms with van der Waals surface area (Å²) in [5.41, 5.74) is 10.2. The monoisotopic (exact) mass is 306 g/mol. The van der Waals surface area contributed by atoms with Gasteiger partial charge < -0.3 is 20.9 Å². The second kappa shape index (κ2) is 5.44. The average Bonchev–Trinajstić information content (AvgIpc) is 2.92. The fraction of sp³-hybridized carbons (Fsp3) is 0.214. The third kappa shape index (κ3) is 2.40. The smallest absolute Gasteiger partial charge is 0.174 e. The van der Waals surface area contributed by atoms with Gasteiger partial charge in [-0.1, -0.05) is 17.7 Å². The summed E-state index contributed by atoms with van der Waals surface area (Å²) < 4.78 is 0. The van der Waals surface area contributed by atoms with Gasteiger partial charge in [-0.25, -0.2) is 0 Å². The van der Waals surface area contributed by atoms with Crippen molar-refractivity contribution in [1.29, 1.82) is 0 Å². The first kappa shape index (κ1) is 13.4. The summed E-state index contributed by atoms with van der Waals surface area (Å²) >= 11 is 11.4. The normalized spacial score (nSPS) is 14.1. The van der Waals surface area contributed by atoms with Crippen LogP contribution in [0, 0.1) is 0 Å². The Labute approximate surface area is 127 Å². The Morgan fingerprint density at radius 2 is 2.15 bits per heavy atom. The number of nitrogens with two attached hydrogens (primary N) is 1. The number of halogens is 1. The molecule has 2 heterocycles. The van der Waals surface area contributed by atoms with Gasteiger partial charge in [-0.05, 0) is 41.5 Å². The van der Waals surface area contributed by atoms with E-state index in [2.05, 4.69) is 15.2 Å². The molecule has 2 aromatic rings. The van der Waals surface area contributed by atoms with Crippen molar-refractivity contribution < 1.29 is 0 Å². The molecule has 0 saturated heterocycles. The van der Waals surface area contributed by atoms with Crippen LogP contribution in [-0.2, 0) is 19.6 Å². The van der Waals surface area contributed by atoms with Crippen LogP contribution in [-0.4, -0.2) is 10.1 Å². The van der Waals surface area contributed by atoms with Crippen molar-refractivity contribution in [2.24, 2.45) is 5.73 Å². The topological polar surface area (TPSA) is 57.1 Å². The molecule has 1 aromatic carbocycles. The summed E-state index contributed by atoms with van der Waals surface area (Å²) in [6.07, 6.45) is 1.93. The molecule has 3 rings (SSSR count). The Morgan fingerprint density at radius 3 is 2.95 bits per heavy atom. The molecule has 0 amide bonds. The van der Waals surface area contributed by atoms with Gasteiger partial charge in [0.1, 0.15) is 0 Å². The summed E-state index contributed by atoms with van der Waals surface area (Å²) in [5, 5.41) is 4.65. The molecule has 6 heteroatoms. The van der Waals surface area contributed by atoms with E-state index in [0.717, 1.165) is 34.2 Å². The third-order valence-electron chi connectivity index (χ3n) is 3.48. The lowest BCUT2D eigenvalue weighted by atomic mass is 10.1. The second-order valence-electron chi connectivity index (χ2n) is 4.70. The molecule has 0 aliphatic carbocycles. The van der Waals surface area contributed by atoms with Gasteiger partial charge in [-0.3, -0.25) is 0 Å². The molecule has 1 aromatic heterocycles. The molecule has 0 spiro atoms. The molecule has 1 aliphatic rings. The van der Waals surface area contributed by atoms with E-state index < -0.39 is 0 Å². The van der Waals surface area contributed by atoms with Crippen LogP contribution in [0.4, 0.5) is 5.69 Å². The predicted octanol–water partition coefficient (Wildman–Crippen LogP) is 2.52. The number of H-pyrrole nitrogens is 1. The zero-order chi connectivity index (χ0) is 14.1. The van der Waals surface area contributed by atoms with Crippen LogP contribution in [0.15, 0.2) is 30.5 Å². The van der Waals surface area contributed by atoms with Crippen LogP contribution < -0.4 is 16.0 Å². The zero-order valence-corrected chi connectivity index (χ0v) is 12.4. The van der Waals surface area contributed by atoms with Gasteiger partial charge in [0.15, 0.2) is 5.11 Å². The van der Waals surface area contributed by atoms with Crippen molar-refractivity contribution in [2.45, 2.75) is 19.6 Å². The highest BCUT2D eigenvalue weighted by Crippen LogP contribution is 2.26. The Kier molecular flexibility index (Phi) is 3.65. The molecule has 104 valence electrons. The summed E-state index contributed by atoms with van der Waals surface area (Å²) in [5.74, 6) is 0. The van der Waals surface area contributed by atoms with Crippen LogP contribution in [0.5, 0.6) is 0 Å². The molecule has 0 fully saturated rings. The van der Waals surface area contributed by atoms with Crippen LogP contribution >= 0.6 is 23.8 Å². The van der Waals surface area contributed by atoms with Crippen LogP contribution in [0.25, 0.3) is 0 Å². The Hall–Kier alpha value is -1.56. The van der Waals surface area contributed by atoms with E-state index in [-0.39, 0.29) is 0 Å². The molecular weight excluding hydrogens is 292 g/mol. The number of thiocarbonyl (C=S) groups is 1. The highest BCUT2D eigenvalue weighted by atomic mass is 35.5. The molecule has 1 aliphatic heterocycles. The number of nitrogens with one attached hydrogen (secondary N) is 2. The van der Waals surface area contributed by atoms with Gasteiger partial charge in [0.2, 0.25) is 0 Å². The first-order chi connectivity index (χ1) is 9.69. The minimum atomic E-state index is 0.462.